The van der Waals surface area contributed by atoms with E-state index in [4.69, 9.17) is 4.74 Å². The van der Waals surface area contributed by atoms with E-state index in [0.717, 1.165) is 5.69 Å². The molecule has 0 aromatic heterocycles. The first kappa shape index (κ1) is 20.7. The van der Waals surface area contributed by atoms with E-state index >= 15 is 0 Å². The molecular weight excluding hydrogens is 404 g/mol. The number of ether oxygens (including phenoxy) is 1. The van der Waals surface area contributed by atoms with Crippen LogP contribution in [0.4, 0.5) is 22.7 Å². The Balaban J connectivity index is 1.60. The largest absolute Gasteiger partial charge is 0.507 e. The smallest absolute Gasteiger partial charge is 0.147 e. The molecule has 32 heavy (non-hydrogen) atoms. The molecule has 0 spiro atoms. The highest BCUT2D eigenvalue weighted by Crippen LogP contribution is 2.42. The molecule has 0 saturated heterocycles. The first-order valence-electron chi connectivity index (χ1n) is 9.85. The predicted molar refractivity (Wildman–Crippen MR) is 124 cm³/mol. The summed E-state index contributed by atoms with van der Waals surface area (Å²) < 4.78 is 5.56. The molecule has 0 fully saturated rings. The molecule has 0 atom stereocenters. The van der Waals surface area contributed by atoms with Gasteiger partial charge in [-0.25, -0.2) is 0 Å². The molecule has 2 N–H and O–H groups in total. The lowest BCUT2D eigenvalue weighted by Crippen LogP contribution is -1.92. The van der Waals surface area contributed by atoms with Gasteiger partial charge in [0.15, 0.2) is 0 Å². The summed E-state index contributed by atoms with van der Waals surface area (Å²) in [5, 5.41) is 38.4. The van der Waals surface area contributed by atoms with E-state index in [0.29, 0.717) is 34.5 Å². The van der Waals surface area contributed by atoms with Gasteiger partial charge in [0.25, 0.3) is 0 Å². The minimum atomic E-state index is -0.187. The summed E-state index contributed by atoms with van der Waals surface area (Å²) in [4.78, 5) is 0. The van der Waals surface area contributed by atoms with Crippen LogP contribution in [0.2, 0.25) is 0 Å². The highest BCUT2D eigenvalue weighted by atomic mass is 16.5. The van der Waals surface area contributed by atoms with Crippen LogP contribution in [0.3, 0.4) is 0 Å². The van der Waals surface area contributed by atoms with Crippen LogP contribution in [0, 0.1) is 0 Å². The lowest BCUT2D eigenvalue weighted by atomic mass is 10.1. The average Bonchev–Trinajstić information content (AvgIpc) is 2.82. The van der Waals surface area contributed by atoms with E-state index in [1.807, 2.05) is 30.3 Å². The van der Waals surface area contributed by atoms with Gasteiger partial charge >= 0.3 is 0 Å². The second kappa shape index (κ2) is 9.53. The third kappa shape index (κ3) is 4.79. The van der Waals surface area contributed by atoms with Gasteiger partial charge < -0.3 is 14.9 Å². The highest BCUT2D eigenvalue weighted by Gasteiger charge is 2.12. The van der Waals surface area contributed by atoms with E-state index in [9.17, 15) is 10.2 Å². The maximum atomic E-state index is 10.4. The van der Waals surface area contributed by atoms with Crippen molar-refractivity contribution in [1.82, 2.24) is 0 Å². The van der Waals surface area contributed by atoms with Crippen LogP contribution in [0.25, 0.3) is 10.8 Å². The summed E-state index contributed by atoms with van der Waals surface area (Å²) in [5.74, 6) is 0.319. The summed E-state index contributed by atoms with van der Waals surface area (Å²) in [7, 11) is 0. The average molecular weight is 424 g/mol. The van der Waals surface area contributed by atoms with Gasteiger partial charge in [-0.15, -0.1) is 5.11 Å². The van der Waals surface area contributed by atoms with Gasteiger partial charge in [0.1, 0.15) is 29.5 Å². The van der Waals surface area contributed by atoms with Crippen molar-refractivity contribution in [2.45, 2.75) is 0 Å². The van der Waals surface area contributed by atoms with Crippen molar-refractivity contribution in [3.05, 3.63) is 91.5 Å². The fourth-order valence-corrected chi connectivity index (χ4v) is 3.01. The van der Waals surface area contributed by atoms with Crippen molar-refractivity contribution in [2.75, 3.05) is 6.61 Å². The van der Waals surface area contributed by atoms with Crippen LogP contribution in [0.15, 0.2) is 112 Å². The molecule has 7 nitrogen and oxygen atoms in total. The minimum Gasteiger partial charge on any atom is -0.507 e. The molecule has 0 radical (unpaired) electrons. The monoisotopic (exact) mass is 424 g/mol. The van der Waals surface area contributed by atoms with Crippen molar-refractivity contribution >= 4 is 33.5 Å². The molecular formula is C25H20N4O3. The van der Waals surface area contributed by atoms with Crippen LogP contribution < -0.4 is 4.74 Å². The Morgan fingerprint density at radius 1 is 0.688 bits per heavy atom. The van der Waals surface area contributed by atoms with Crippen molar-refractivity contribution in [3.63, 3.8) is 0 Å². The van der Waals surface area contributed by atoms with Crippen LogP contribution in [-0.4, -0.2) is 16.8 Å². The molecule has 0 aliphatic heterocycles. The summed E-state index contributed by atoms with van der Waals surface area (Å²) in [6.45, 7) is 3.96. The van der Waals surface area contributed by atoms with E-state index in [1.165, 1.54) is 6.07 Å². The van der Waals surface area contributed by atoms with E-state index in [-0.39, 0.29) is 17.2 Å². The van der Waals surface area contributed by atoms with Gasteiger partial charge in [0.2, 0.25) is 0 Å². The molecule has 0 heterocycles. The van der Waals surface area contributed by atoms with Crippen LogP contribution in [0.5, 0.6) is 17.2 Å². The lowest BCUT2D eigenvalue weighted by Gasteiger charge is -2.09. The van der Waals surface area contributed by atoms with Crippen LogP contribution >= 0.6 is 0 Å². The highest BCUT2D eigenvalue weighted by molar-refractivity contribution is 6.00. The molecule has 158 valence electrons. The third-order valence-electron chi connectivity index (χ3n) is 4.56. The SMILES string of the molecule is C=CCOc1ccc2c(O)cc(O)c(/N=N/c3ccc(/N=N/c4ccccc4)cc3)c2c1. The Hall–Kier alpha value is -4.52. The molecule has 0 aliphatic rings. The molecule has 0 bridgehead atoms. The number of fused-ring (bicyclic) bond motifs is 1. The number of hydrogen-bond acceptors (Lipinski definition) is 7. The number of rotatable bonds is 7. The van der Waals surface area contributed by atoms with Crippen molar-refractivity contribution in [3.8, 4) is 17.2 Å². The second-order valence-electron chi connectivity index (χ2n) is 6.82. The number of phenolic OH excluding ortho intramolecular Hbond substituents is 2. The maximum Gasteiger partial charge on any atom is 0.147 e. The molecule has 4 rings (SSSR count). The third-order valence-corrected chi connectivity index (χ3v) is 4.56. The first-order valence-corrected chi connectivity index (χ1v) is 9.85. The second-order valence-corrected chi connectivity index (χ2v) is 6.82. The van der Waals surface area contributed by atoms with Crippen LogP contribution in [0.1, 0.15) is 0 Å². The Kier molecular flexibility index (Phi) is 6.17. The topological polar surface area (TPSA) is 99.1 Å². The zero-order valence-electron chi connectivity index (χ0n) is 17.1. The maximum absolute atomic E-state index is 10.4. The molecule has 4 aromatic carbocycles. The quantitative estimate of drug-likeness (QED) is 0.235. The van der Waals surface area contributed by atoms with Crippen molar-refractivity contribution in [1.29, 1.82) is 0 Å². The van der Waals surface area contributed by atoms with Gasteiger partial charge in [-0.05, 0) is 54.6 Å². The van der Waals surface area contributed by atoms with Gasteiger partial charge in [-0.3, -0.25) is 0 Å². The van der Waals surface area contributed by atoms with Gasteiger partial charge in [-0.2, -0.15) is 15.3 Å². The standard InChI is InChI=1S/C25H20N4O3/c1-2-14-32-20-12-13-21-22(15-20)25(24(31)16-23(21)30)29-28-19-10-8-18(9-11-19)27-26-17-6-4-3-5-7-17/h2-13,15-16,30-31H,1,14H2/b27-26+,29-28+. The Morgan fingerprint density at radius 3 is 1.97 bits per heavy atom. The molecule has 0 amide bonds. The number of nitrogens with zero attached hydrogens (tertiary/aromatic N) is 4. The Bertz CT molecular complexity index is 1300. The number of azo groups is 2. The van der Waals surface area contributed by atoms with E-state index in [1.54, 1.807) is 48.5 Å². The molecule has 0 aliphatic carbocycles. The zero-order valence-corrected chi connectivity index (χ0v) is 17.1. The fraction of sp³-hybridized carbons (Fsp3) is 0.0400. The summed E-state index contributed by atoms with van der Waals surface area (Å²) in [6, 6.07) is 22.9. The molecule has 0 unspecified atom stereocenters. The lowest BCUT2D eigenvalue weighted by molar-refractivity contribution is 0.364. The van der Waals surface area contributed by atoms with Crippen LogP contribution in [-0.2, 0) is 0 Å². The predicted octanol–water partition coefficient (Wildman–Crippen LogP) is 7.65. The zero-order chi connectivity index (χ0) is 22.3. The normalized spacial score (nSPS) is 11.4. The fourth-order valence-electron chi connectivity index (χ4n) is 3.01. The van der Waals surface area contributed by atoms with Crippen molar-refractivity contribution < 1.29 is 14.9 Å². The number of hydrogen-bond donors (Lipinski definition) is 2. The Labute approximate surface area is 184 Å². The number of aromatic hydroxyl groups is 2. The first-order chi connectivity index (χ1) is 15.6. The van der Waals surface area contributed by atoms with Gasteiger partial charge in [0, 0.05) is 16.8 Å². The number of phenols is 2. The van der Waals surface area contributed by atoms with E-state index in [2.05, 4.69) is 27.0 Å². The summed E-state index contributed by atoms with van der Waals surface area (Å²) in [6.07, 6.45) is 1.63. The summed E-state index contributed by atoms with van der Waals surface area (Å²) >= 11 is 0. The van der Waals surface area contributed by atoms with Gasteiger partial charge in [0.05, 0.1) is 17.1 Å². The Morgan fingerprint density at radius 2 is 1.31 bits per heavy atom. The van der Waals surface area contributed by atoms with Crippen molar-refractivity contribution in [2.24, 2.45) is 20.5 Å². The number of benzene rings is 4. The molecule has 0 saturated carbocycles. The van der Waals surface area contributed by atoms with E-state index < -0.39 is 0 Å². The summed E-state index contributed by atoms with van der Waals surface area (Å²) in [5.41, 5.74) is 2.25. The minimum absolute atomic E-state index is 0.0557. The van der Waals surface area contributed by atoms with Gasteiger partial charge in [-0.1, -0.05) is 30.9 Å². The molecule has 4 aromatic rings. The molecule has 7 heteroatoms.